The van der Waals surface area contributed by atoms with Crippen LogP contribution in [-0.2, 0) is 5.41 Å². The lowest BCUT2D eigenvalue weighted by Crippen LogP contribution is -2.16. The summed E-state index contributed by atoms with van der Waals surface area (Å²) < 4.78 is 7.17. The van der Waals surface area contributed by atoms with Crippen LogP contribution in [0, 0.1) is 0 Å². The van der Waals surface area contributed by atoms with Gasteiger partial charge in [0.1, 0.15) is 11.5 Å². The maximum atomic E-state index is 7.17. The van der Waals surface area contributed by atoms with E-state index in [0.29, 0.717) is 0 Å². The molecule has 2 heteroatoms. The van der Waals surface area contributed by atoms with Gasteiger partial charge in [0.2, 0.25) is 0 Å². The van der Waals surface area contributed by atoms with Gasteiger partial charge in [-0.2, -0.15) is 0 Å². The monoisotopic (exact) mass is 881 g/mol. The zero-order valence-corrected chi connectivity index (χ0v) is 38.5. The third-order valence-corrected chi connectivity index (χ3v) is 14.5. The molecule has 69 heavy (non-hydrogen) atoms. The molecule has 326 valence electrons. The van der Waals surface area contributed by atoms with Gasteiger partial charge in [-0.05, 0) is 126 Å². The Balaban J connectivity index is 0.866. The Morgan fingerprint density at radius 3 is 1.45 bits per heavy atom. The average Bonchev–Trinajstić information content (AvgIpc) is 3.54. The van der Waals surface area contributed by atoms with Crippen molar-refractivity contribution in [2.24, 2.45) is 0 Å². The number of rotatable bonds is 7. The second kappa shape index (κ2) is 16.3. The number of benzene rings is 11. The van der Waals surface area contributed by atoms with Crippen LogP contribution in [0.5, 0.6) is 11.5 Å². The molecule has 0 aromatic heterocycles. The zero-order chi connectivity index (χ0) is 46.1. The van der Waals surface area contributed by atoms with Gasteiger partial charge in [0.05, 0.1) is 0 Å². The van der Waals surface area contributed by atoms with Gasteiger partial charge < -0.3 is 9.64 Å². The van der Waals surface area contributed by atoms with Gasteiger partial charge in [0, 0.05) is 44.7 Å². The lowest BCUT2D eigenvalue weighted by atomic mass is 9.82. The normalized spacial score (nSPS) is 12.7. The molecule has 13 rings (SSSR count). The molecule has 0 unspecified atom stereocenters. The Hall–Kier alpha value is -8.72. The van der Waals surface area contributed by atoms with Crippen molar-refractivity contribution in [2.75, 3.05) is 4.90 Å². The number of para-hydroxylation sites is 1. The summed E-state index contributed by atoms with van der Waals surface area (Å²) in [7, 11) is 0. The summed E-state index contributed by atoms with van der Waals surface area (Å²) in [6.45, 7) is 4.70. The van der Waals surface area contributed by atoms with E-state index in [-0.39, 0.29) is 5.41 Å². The van der Waals surface area contributed by atoms with Crippen molar-refractivity contribution in [3.05, 3.63) is 260 Å². The minimum atomic E-state index is -0.110. The van der Waals surface area contributed by atoms with E-state index in [0.717, 1.165) is 72.9 Å². The second-order valence-corrected chi connectivity index (χ2v) is 18.8. The quantitative estimate of drug-likeness (QED) is 0.158. The van der Waals surface area contributed by atoms with Crippen LogP contribution in [0.1, 0.15) is 25.0 Å². The van der Waals surface area contributed by atoms with Crippen LogP contribution in [0.25, 0.3) is 88.7 Å². The highest BCUT2D eigenvalue weighted by molar-refractivity contribution is 6.04. The molecule has 0 saturated heterocycles. The fourth-order valence-electron chi connectivity index (χ4n) is 11.0. The van der Waals surface area contributed by atoms with E-state index in [1.807, 2.05) is 0 Å². The molecule has 0 atom stereocenters. The number of nitrogens with zero attached hydrogens (tertiary/aromatic N) is 1. The van der Waals surface area contributed by atoms with E-state index < -0.39 is 0 Å². The number of fused-ring (bicyclic) bond motifs is 9. The molecule has 0 fully saturated rings. The van der Waals surface area contributed by atoms with Crippen LogP contribution in [0.4, 0.5) is 17.1 Å². The summed E-state index contributed by atoms with van der Waals surface area (Å²) in [6, 6.07) is 90.4. The van der Waals surface area contributed by atoms with Gasteiger partial charge in [-0.15, -0.1) is 0 Å². The maximum Gasteiger partial charge on any atom is 0.143 e. The van der Waals surface area contributed by atoms with Crippen molar-refractivity contribution in [3.8, 4) is 89.4 Å². The third-order valence-electron chi connectivity index (χ3n) is 14.5. The molecular formula is C67H47NO. The summed E-state index contributed by atoms with van der Waals surface area (Å²) in [6.07, 6.45) is 0. The van der Waals surface area contributed by atoms with Gasteiger partial charge in [0.25, 0.3) is 0 Å². The Morgan fingerprint density at radius 1 is 0.304 bits per heavy atom. The molecule has 1 aliphatic heterocycles. The molecule has 11 aromatic rings. The molecule has 0 amide bonds. The fraction of sp³-hybridized carbons (Fsp3) is 0.0448. The molecule has 0 saturated carbocycles. The van der Waals surface area contributed by atoms with Crippen molar-refractivity contribution in [1.82, 2.24) is 0 Å². The van der Waals surface area contributed by atoms with Gasteiger partial charge >= 0.3 is 0 Å². The predicted molar refractivity (Wildman–Crippen MR) is 289 cm³/mol. The van der Waals surface area contributed by atoms with Gasteiger partial charge in [-0.25, -0.2) is 0 Å². The first-order valence-corrected chi connectivity index (χ1v) is 23.9. The fourth-order valence-corrected chi connectivity index (χ4v) is 11.0. The van der Waals surface area contributed by atoms with Crippen molar-refractivity contribution in [1.29, 1.82) is 0 Å². The zero-order valence-electron chi connectivity index (χ0n) is 38.5. The van der Waals surface area contributed by atoms with Crippen molar-refractivity contribution in [3.63, 3.8) is 0 Å². The number of ether oxygens (including phenoxy) is 1. The highest BCUT2D eigenvalue weighted by Gasteiger charge is 2.36. The second-order valence-electron chi connectivity index (χ2n) is 18.8. The Labute approximate surface area is 404 Å². The van der Waals surface area contributed by atoms with Gasteiger partial charge in [-0.1, -0.05) is 214 Å². The molecular weight excluding hydrogens is 835 g/mol. The minimum Gasteiger partial charge on any atom is -0.455 e. The van der Waals surface area contributed by atoms with Crippen LogP contribution in [0.2, 0.25) is 0 Å². The third kappa shape index (κ3) is 6.87. The Kier molecular flexibility index (Phi) is 9.55. The smallest absolute Gasteiger partial charge is 0.143 e. The first-order valence-electron chi connectivity index (χ1n) is 23.9. The van der Waals surface area contributed by atoms with Crippen LogP contribution in [0.15, 0.2) is 249 Å². The highest BCUT2D eigenvalue weighted by atomic mass is 16.5. The number of anilines is 3. The molecule has 1 heterocycles. The standard InChI is InChI=1S/C67H47NO/c1-67(2)62-26-12-11-21-57(62)58-40-39-54(43-63(58)67)68(52-35-31-46(32-36-52)44-15-5-3-6-16-44)53-37-33-47(34-38-53)45-27-29-49(30-28-45)56-23-14-25-60-59-24-13-22-55(48-17-7-4-8-18-48)65(59)61-41-50-19-9-10-20-51(50)42-64(61)69-66(56)60/h3-43H,1-2H3. The lowest BCUT2D eigenvalue weighted by Gasteiger charge is -2.28. The summed E-state index contributed by atoms with van der Waals surface area (Å²) in [5.41, 5.74) is 22.4. The summed E-state index contributed by atoms with van der Waals surface area (Å²) in [4.78, 5) is 2.39. The summed E-state index contributed by atoms with van der Waals surface area (Å²) >= 11 is 0. The van der Waals surface area contributed by atoms with Crippen LogP contribution in [-0.4, -0.2) is 0 Å². The largest absolute Gasteiger partial charge is 0.455 e. The van der Waals surface area contributed by atoms with E-state index in [2.05, 4.69) is 267 Å². The van der Waals surface area contributed by atoms with Crippen LogP contribution in [0.3, 0.4) is 0 Å². The molecule has 0 spiro atoms. The van der Waals surface area contributed by atoms with Crippen molar-refractivity contribution < 1.29 is 4.74 Å². The molecule has 2 aliphatic rings. The van der Waals surface area contributed by atoms with E-state index in [1.54, 1.807) is 0 Å². The van der Waals surface area contributed by atoms with Crippen molar-refractivity contribution >= 4 is 27.8 Å². The highest BCUT2D eigenvalue weighted by Crippen LogP contribution is 2.54. The van der Waals surface area contributed by atoms with Gasteiger partial charge in [-0.3, -0.25) is 0 Å². The van der Waals surface area contributed by atoms with E-state index in [1.165, 1.54) is 55.5 Å². The average molecular weight is 882 g/mol. The van der Waals surface area contributed by atoms with E-state index >= 15 is 0 Å². The summed E-state index contributed by atoms with van der Waals surface area (Å²) in [5, 5.41) is 2.34. The van der Waals surface area contributed by atoms with E-state index in [9.17, 15) is 0 Å². The van der Waals surface area contributed by atoms with E-state index in [4.69, 9.17) is 4.74 Å². The molecule has 0 radical (unpaired) electrons. The molecule has 2 nitrogen and oxygen atoms in total. The predicted octanol–water partition coefficient (Wildman–Crippen LogP) is 18.7. The first kappa shape index (κ1) is 40.5. The maximum absolute atomic E-state index is 7.17. The molecule has 1 aliphatic carbocycles. The molecule has 0 bridgehead atoms. The summed E-state index contributed by atoms with van der Waals surface area (Å²) in [5.74, 6) is 1.72. The van der Waals surface area contributed by atoms with Gasteiger partial charge in [0.15, 0.2) is 0 Å². The minimum absolute atomic E-state index is 0.110. The SMILES string of the molecule is CC1(C)c2ccccc2-c2ccc(N(c3ccc(-c4ccccc4)cc3)c3ccc(-c4ccc(-c5cccc6c5Oc5cc7ccccc7cc5-c5c(-c7ccccc7)cccc5-6)cc4)cc3)cc21. The lowest BCUT2D eigenvalue weighted by molar-refractivity contribution is 0.490. The molecule has 0 N–H and O–H groups in total. The Morgan fingerprint density at radius 2 is 0.768 bits per heavy atom. The van der Waals surface area contributed by atoms with Crippen molar-refractivity contribution in [2.45, 2.75) is 19.3 Å². The topological polar surface area (TPSA) is 12.5 Å². The number of hydrogen-bond donors (Lipinski definition) is 0. The van der Waals surface area contributed by atoms with Crippen LogP contribution >= 0.6 is 0 Å². The molecule has 11 aromatic carbocycles. The first-order chi connectivity index (χ1) is 34.0. The van der Waals surface area contributed by atoms with Crippen LogP contribution < -0.4 is 9.64 Å². The Bertz CT molecular complexity index is 3740. The number of hydrogen-bond acceptors (Lipinski definition) is 2.